The zero-order chi connectivity index (χ0) is 16.1. The van der Waals surface area contributed by atoms with Crippen LogP contribution in [0.3, 0.4) is 0 Å². The Morgan fingerprint density at radius 2 is 1.95 bits per heavy atom. The molecule has 1 aromatic carbocycles. The summed E-state index contributed by atoms with van der Waals surface area (Å²) in [6, 6.07) is 10.2. The van der Waals surface area contributed by atoms with E-state index in [4.69, 9.17) is 4.52 Å². The molecule has 2 rings (SSSR count). The molecule has 118 valence electrons. The Kier molecular flexibility index (Phi) is 5.36. The fourth-order valence-electron chi connectivity index (χ4n) is 2.51. The summed E-state index contributed by atoms with van der Waals surface area (Å²) in [5.74, 6) is 0.842. The Labute approximate surface area is 132 Å². The van der Waals surface area contributed by atoms with Gasteiger partial charge in [-0.1, -0.05) is 49.3 Å². The Hall–Kier alpha value is -2.10. The van der Waals surface area contributed by atoms with Crippen LogP contribution < -0.4 is 0 Å². The molecule has 0 fully saturated rings. The van der Waals surface area contributed by atoms with Crippen LogP contribution in [-0.2, 0) is 6.42 Å². The highest BCUT2D eigenvalue weighted by Gasteiger charge is 2.25. The van der Waals surface area contributed by atoms with Crippen molar-refractivity contribution in [1.29, 1.82) is 0 Å². The van der Waals surface area contributed by atoms with Crippen molar-refractivity contribution in [2.75, 3.05) is 13.1 Å². The number of hydrogen-bond donors (Lipinski definition) is 0. The number of benzene rings is 1. The summed E-state index contributed by atoms with van der Waals surface area (Å²) in [7, 11) is 0. The Bertz CT molecular complexity index is 617. The second-order valence-corrected chi connectivity index (χ2v) is 5.78. The molecule has 4 heteroatoms. The van der Waals surface area contributed by atoms with Crippen molar-refractivity contribution in [3.8, 4) is 0 Å². The van der Waals surface area contributed by atoms with Crippen LogP contribution in [0.25, 0.3) is 0 Å². The summed E-state index contributed by atoms with van der Waals surface area (Å²) in [6.07, 6.45) is 0.849. The summed E-state index contributed by atoms with van der Waals surface area (Å²) in [5.41, 5.74) is 2.54. The third kappa shape index (κ3) is 3.56. The first kappa shape index (κ1) is 16.3. The van der Waals surface area contributed by atoms with Gasteiger partial charge >= 0.3 is 0 Å². The highest BCUT2D eigenvalue weighted by atomic mass is 16.5. The molecule has 0 N–H and O–H groups in total. The van der Waals surface area contributed by atoms with Gasteiger partial charge in [0.1, 0.15) is 5.56 Å². The molecule has 0 aliphatic heterocycles. The van der Waals surface area contributed by atoms with Gasteiger partial charge in [-0.25, -0.2) is 0 Å². The van der Waals surface area contributed by atoms with Crippen molar-refractivity contribution in [3.63, 3.8) is 0 Å². The van der Waals surface area contributed by atoms with E-state index in [0.29, 0.717) is 30.1 Å². The summed E-state index contributed by atoms with van der Waals surface area (Å²) < 4.78 is 5.34. The van der Waals surface area contributed by atoms with Crippen molar-refractivity contribution in [2.45, 2.75) is 40.0 Å². The van der Waals surface area contributed by atoms with E-state index in [1.54, 1.807) is 0 Å². The van der Waals surface area contributed by atoms with Crippen molar-refractivity contribution in [3.05, 3.63) is 52.9 Å². The number of hydrogen-bond acceptors (Lipinski definition) is 3. The van der Waals surface area contributed by atoms with Gasteiger partial charge in [-0.15, -0.1) is 0 Å². The van der Waals surface area contributed by atoms with E-state index in [9.17, 15) is 4.79 Å². The zero-order valence-corrected chi connectivity index (χ0v) is 13.8. The number of likely N-dealkylation sites (N-methyl/N-ethyl adjacent to an activating group) is 1. The third-order valence-electron chi connectivity index (χ3n) is 3.81. The number of rotatable bonds is 6. The van der Waals surface area contributed by atoms with Crippen LogP contribution in [0.4, 0.5) is 0 Å². The predicted molar refractivity (Wildman–Crippen MR) is 87.1 cm³/mol. The minimum atomic E-state index is 0.0147. The van der Waals surface area contributed by atoms with Gasteiger partial charge < -0.3 is 9.42 Å². The number of carbonyl (C=O) groups is 1. The largest absolute Gasteiger partial charge is 0.360 e. The number of aromatic nitrogens is 1. The normalized spacial score (nSPS) is 11.0. The maximum absolute atomic E-state index is 12.8. The quantitative estimate of drug-likeness (QED) is 0.815. The van der Waals surface area contributed by atoms with Gasteiger partial charge in [-0.2, -0.15) is 0 Å². The van der Waals surface area contributed by atoms with Crippen molar-refractivity contribution in [2.24, 2.45) is 0 Å². The van der Waals surface area contributed by atoms with E-state index >= 15 is 0 Å². The molecular weight excluding hydrogens is 276 g/mol. The zero-order valence-electron chi connectivity index (χ0n) is 13.8. The summed E-state index contributed by atoms with van der Waals surface area (Å²) >= 11 is 0. The van der Waals surface area contributed by atoms with Gasteiger partial charge in [0, 0.05) is 19.0 Å². The van der Waals surface area contributed by atoms with E-state index in [2.05, 4.69) is 17.3 Å². The van der Waals surface area contributed by atoms with E-state index < -0.39 is 0 Å². The third-order valence-corrected chi connectivity index (χ3v) is 3.81. The van der Waals surface area contributed by atoms with E-state index in [-0.39, 0.29) is 11.8 Å². The van der Waals surface area contributed by atoms with Gasteiger partial charge in [-0.3, -0.25) is 4.79 Å². The molecule has 0 bridgehead atoms. The topological polar surface area (TPSA) is 46.3 Å². The molecule has 4 nitrogen and oxygen atoms in total. The number of amides is 1. The summed E-state index contributed by atoms with van der Waals surface area (Å²) in [6.45, 7) is 9.22. The van der Waals surface area contributed by atoms with E-state index in [1.807, 2.05) is 50.8 Å². The second kappa shape index (κ2) is 7.25. The lowest BCUT2D eigenvalue weighted by molar-refractivity contribution is 0.0762. The van der Waals surface area contributed by atoms with Crippen LogP contribution in [0.1, 0.15) is 54.1 Å². The second-order valence-electron chi connectivity index (χ2n) is 5.78. The Balaban J connectivity index is 2.14. The first-order chi connectivity index (χ1) is 10.5. The van der Waals surface area contributed by atoms with Gasteiger partial charge in [0.05, 0.1) is 5.69 Å². The maximum atomic E-state index is 12.8. The van der Waals surface area contributed by atoms with Crippen molar-refractivity contribution < 1.29 is 9.32 Å². The van der Waals surface area contributed by atoms with Crippen LogP contribution in [0.15, 0.2) is 34.9 Å². The molecule has 1 heterocycles. The molecular formula is C18H24N2O2. The van der Waals surface area contributed by atoms with E-state index in [0.717, 1.165) is 6.42 Å². The van der Waals surface area contributed by atoms with Gasteiger partial charge in [0.2, 0.25) is 0 Å². The smallest absolute Gasteiger partial charge is 0.259 e. The van der Waals surface area contributed by atoms with E-state index in [1.165, 1.54) is 5.56 Å². The molecule has 22 heavy (non-hydrogen) atoms. The lowest BCUT2D eigenvalue weighted by Crippen LogP contribution is -2.33. The minimum absolute atomic E-state index is 0.0147. The minimum Gasteiger partial charge on any atom is -0.360 e. The average molecular weight is 300 g/mol. The summed E-state index contributed by atoms with van der Waals surface area (Å²) in [4.78, 5) is 14.7. The first-order valence-corrected chi connectivity index (χ1v) is 7.84. The fourth-order valence-corrected chi connectivity index (χ4v) is 2.51. The van der Waals surface area contributed by atoms with Gasteiger partial charge in [0.15, 0.2) is 5.76 Å². The molecule has 1 aromatic heterocycles. The Morgan fingerprint density at radius 3 is 2.55 bits per heavy atom. The summed E-state index contributed by atoms with van der Waals surface area (Å²) in [5, 5.41) is 3.97. The number of carbonyl (C=O) groups excluding carboxylic acids is 1. The molecule has 0 saturated heterocycles. The van der Waals surface area contributed by atoms with Crippen LogP contribution >= 0.6 is 0 Å². The number of nitrogens with zero attached hydrogens (tertiary/aromatic N) is 2. The molecule has 0 atom stereocenters. The van der Waals surface area contributed by atoms with Crippen molar-refractivity contribution >= 4 is 5.91 Å². The maximum Gasteiger partial charge on any atom is 0.259 e. The molecule has 0 unspecified atom stereocenters. The fraction of sp³-hybridized carbons (Fsp3) is 0.444. The SMILES string of the molecule is CCN(CCc1ccccc1)C(=O)c1c(C)noc1C(C)C. The monoisotopic (exact) mass is 300 g/mol. The molecule has 2 aromatic rings. The average Bonchev–Trinajstić information content (AvgIpc) is 2.90. The lowest BCUT2D eigenvalue weighted by atomic mass is 10.0. The van der Waals surface area contributed by atoms with Crippen LogP contribution in [0.2, 0.25) is 0 Å². The standard InChI is InChI=1S/C18H24N2O2/c1-5-20(12-11-15-9-7-6-8-10-15)18(21)16-14(4)19-22-17(16)13(2)3/h6-10,13H,5,11-12H2,1-4H3. The first-order valence-electron chi connectivity index (χ1n) is 7.84. The molecule has 0 saturated carbocycles. The predicted octanol–water partition coefficient (Wildman–Crippen LogP) is 3.81. The van der Waals surface area contributed by atoms with Gasteiger partial charge in [0.25, 0.3) is 5.91 Å². The molecule has 0 aliphatic rings. The highest BCUT2D eigenvalue weighted by Crippen LogP contribution is 2.23. The molecule has 0 spiro atoms. The van der Waals surface area contributed by atoms with Crippen molar-refractivity contribution in [1.82, 2.24) is 10.1 Å². The van der Waals surface area contributed by atoms with Crippen LogP contribution in [0.5, 0.6) is 0 Å². The van der Waals surface area contributed by atoms with Gasteiger partial charge in [-0.05, 0) is 25.8 Å². The molecule has 0 aliphatic carbocycles. The Morgan fingerprint density at radius 1 is 1.27 bits per heavy atom. The molecule has 1 amide bonds. The van der Waals surface area contributed by atoms with Crippen LogP contribution in [0, 0.1) is 6.92 Å². The lowest BCUT2D eigenvalue weighted by Gasteiger charge is -2.21. The highest BCUT2D eigenvalue weighted by molar-refractivity contribution is 5.96. The number of aryl methyl sites for hydroxylation is 1. The molecule has 0 radical (unpaired) electrons. The van der Waals surface area contributed by atoms with Crippen LogP contribution in [-0.4, -0.2) is 29.1 Å².